The molecule has 9 heteroatoms. The maximum Gasteiger partial charge on any atom is 0.433 e. The van der Waals surface area contributed by atoms with Crippen molar-refractivity contribution in [2.24, 2.45) is 7.05 Å². The van der Waals surface area contributed by atoms with E-state index >= 15 is 0 Å². The largest absolute Gasteiger partial charge is 0.433 e. The number of pyridine rings is 1. The Hall–Kier alpha value is -3.23. The molecule has 0 saturated heterocycles. The minimum atomic E-state index is -4.60. The summed E-state index contributed by atoms with van der Waals surface area (Å²) in [5, 5.41) is 7.96. The van der Waals surface area contributed by atoms with E-state index in [4.69, 9.17) is 0 Å². The zero-order chi connectivity index (χ0) is 20.8. The zero-order valence-electron chi connectivity index (χ0n) is 15.8. The number of nitrogens with zero attached hydrogens (tertiary/aromatic N) is 5. The van der Waals surface area contributed by atoms with E-state index in [0.717, 1.165) is 17.6 Å². The van der Waals surface area contributed by atoms with E-state index < -0.39 is 17.8 Å². The normalized spacial score (nSPS) is 14.9. The molecule has 29 heavy (non-hydrogen) atoms. The lowest BCUT2D eigenvalue weighted by Gasteiger charge is -2.19. The molecule has 0 saturated carbocycles. The molecule has 1 amide bonds. The van der Waals surface area contributed by atoms with Crippen LogP contribution in [0.4, 0.5) is 18.9 Å². The number of hydrogen-bond acceptors (Lipinski definition) is 4. The maximum absolute atomic E-state index is 13.3. The molecule has 0 spiro atoms. The molecule has 1 aromatic carbocycles. The van der Waals surface area contributed by atoms with Gasteiger partial charge in [-0.15, -0.1) is 10.2 Å². The number of benzene rings is 1. The molecule has 6 nitrogen and oxygen atoms in total. The molecular weight excluding hydrogens is 383 g/mol. The number of hydrogen-bond donors (Lipinski definition) is 0. The van der Waals surface area contributed by atoms with Crippen LogP contribution in [0.2, 0.25) is 0 Å². The highest BCUT2D eigenvalue weighted by Crippen LogP contribution is 2.37. The molecule has 1 aliphatic heterocycles. The van der Waals surface area contributed by atoms with Gasteiger partial charge in [0.05, 0.1) is 6.54 Å². The monoisotopic (exact) mass is 401 g/mol. The second-order valence-electron chi connectivity index (χ2n) is 7.13. The SMILES string of the molecule is C[C@H](Cc1nncn1C)c1cccc(N2Cc3c(ccnc3C(F)(F)F)C2=O)c1. The van der Waals surface area contributed by atoms with Crippen molar-refractivity contribution in [3.63, 3.8) is 0 Å². The second kappa shape index (κ2) is 6.98. The van der Waals surface area contributed by atoms with Crippen molar-refractivity contribution in [3.05, 3.63) is 71.1 Å². The quantitative estimate of drug-likeness (QED) is 0.668. The minimum absolute atomic E-state index is 0.0462. The standard InChI is InChI=1S/C20H18F3N5O/c1-12(8-17-26-25-11-27(17)2)13-4-3-5-14(9-13)28-10-16-15(19(28)29)6-7-24-18(16)20(21,22)23/h3-7,9,11-12H,8,10H2,1-2H3/t12-/m1/s1. The third-order valence-corrected chi connectivity index (χ3v) is 5.16. The lowest BCUT2D eigenvalue weighted by atomic mass is 9.97. The summed E-state index contributed by atoms with van der Waals surface area (Å²) in [5.74, 6) is 0.463. The molecule has 0 radical (unpaired) electrons. The van der Waals surface area contributed by atoms with Gasteiger partial charge >= 0.3 is 6.18 Å². The van der Waals surface area contributed by atoms with Gasteiger partial charge in [-0.25, -0.2) is 0 Å². The number of fused-ring (bicyclic) bond motifs is 1. The van der Waals surface area contributed by atoms with Crippen molar-refractivity contribution >= 4 is 11.6 Å². The van der Waals surface area contributed by atoms with E-state index in [0.29, 0.717) is 12.1 Å². The van der Waals surface area contributed by atoms with E-state index in [1.165, 1.54) is 11.0 Å². The molecule has 4 rings (SSSR count). The van der Waals surface area contributed by atoms with Gasteiger partial charge in [-0.2, -0.15) is 13.2 Å². The van der Waals surface area contributed by atoms with Crippen LogP contribution in [-0.4, -0.2) is 25.7 Å². The Bertz CT molecular complexity index is 1080. The molecule has 0 N–H and O–H groups in total. The fourth-order valence-corrected chi connectivity index (χ4v) is 3.56. The Morgan fingerprint density at radius 1 is 1.24 bits per heavy atom. The average Bonchev–Trinajstić information content (AvgIpc) is 3.24. The predicted octanol–water partition coefficient (Wildman–Crippen LogP) is 3.74. The predicted molar refractivity (Wildman–Crippen MR) is 99.3 cm³/mol. The van der Waals surface area contributed by atoms with Gasteiger partial charge in [-0.05, 0) is 29.7 Å². The summed E-state index contributed by atoms with van der Waals surface area (Å²) in [6, 6.07) is 8.64. The number of anilines is 1. The third-order valence-electron chi connectivity index (χ3n) is 5.16. The van der Waals surface area contributed by atoms with Crippen LogP contribution >= 0.6 is 0 Å². The molecular formula is C20H18F3N5O. The van der Waals surface area contributed by atoms with Crippen LogP contribution < -0.4 is 4.90 Å². The van der Waals surface area contributed by atoms with E-state index in [2.05, 4.69) is 15.2 Å². The van der Waals surface area contributed by atoms with Gasteiger partial charge in [-0.3, -0.25) is 9.78 Å². The molecule has 2 aromatic heterocycles. The number of carbonyl (C=O) groups excluding carboxylic acids is 1. The fourth-order valence-electron chi connectivity index (χ4n) is 3.56. The first-order chi connectivity index (χ1) is 13.8. The molecule has 0 unspecified atom stereocenters. The highest BCUT2D eigenvalue weighted by Gasteiger charge is 2.41. The minimum Gasteiger partial charge on any atom is -0.321 e. The highest BCUT2D eigenvalue weighted by molar-refractivity contribution is 6.10. The second-order valence-corrected chi connectivity index (χ2v) is 7.13. The summed E-state index contributed by atoms with van der Waals surface area (Å²) in [5.41, 5.74) is 0.482. The summed E-state index contributed by atoms with van der Waals surface area (Å²) in [6.07, 6.45) is -1.29. The fraction of sp³-hybridized carbons (Fsp3) is 0.300. The van der Waals surface area contributed by atoms with Crippen LogP contribution in [0.5, 0.6) is 0 Å². The Balaban J connectivity index is 1.62. The van der Waals surface area contributed by atoms with Gasteiger partial charge in [-0.1, -0.05) is 19.1 Å². The third kappa shape index (κ3) is 3.48. The van der Waals surface area contributed by atoms with Crippen LogP contribution in [0.25, 0.3) is 0 Å². The Morgan fingerprint density at radius 3 is 2.72 bits per heavy atom. The highest BCUT2D eigenvalue weighted by atomic mass is 19.4. The average molecular weight is 401 g/mol. The molecule has 1 aliphatic rings. The number of alkyl halides is 3. The van der Waals surface area contributed by atoms with Crippen LogP contribution in [0.1, 0.15) is 45.8 Å². The zero-order valence-corrected chi connectivity index (χ0v) is 15.8. The molecule has 3 heterocycles. The lowest BCUT2D eigenvalue weighted by Crippen LogP contribution is -2.23. The van der Waals surface area contributed by atoms with Crippen LogP contribution in [0.15, 0.2) is 42.9 Å². The first-order valence-electron chi connectivity index (χ1n) is 9.05. The summed E-state index contributed by atoms with van der Waals surface area (Å²) < 4.78 is 41.7. The van der Waals surface area contributed by atoms with Crippen LogP contribution in [-0.2, 0) is 26.2 Å². The van der Waals surface area contributed by atoms with E-state index in [9.17, 15) is 18.0 Å². The summed E-state index contributed by atoms with van der Waals surface area (Å²) in [4.78, 5) is 17.6. The number of carbonyl (C=O) groups is 1. The molecule has 150 valence electrons. The van der Waals surface area contributed by atoms with Gasteiger partial charge < -0.3 is 9.47 Å². The number of aryl methyl sites for hydroxylation is 1. The van der Waals surface area contributed by atoms with Gasteiger partial charge in [0.1, 0.15) is 17.8 Å². The first-order valence-corrected chi connectivity index (χ1v) is 9.05. The van der Waals surface area contributed by atoms with Crippen molar-refractivity contribution in [2.45, 2.75) is 32.0 Å². The van der Waals surface area contributed by atoms with Crippen molar-refractivity contribution < 1.29 is 18.0 Å². The number of amides is 1. The van der Waals surface area contributed by atoms with E-state index in [1.54, 1.807) is 18.5 Å². The van der Waals surface area contributed by atoms with Gasteiger partial charge in [0.2, 0.25) is 0 Å². The maximum atomic E-state index is 13.3. The van der Waals surface area contributed by atoms with Crippen LogP contribution in [0, 0.1) is 0 Å². The summed E-state index contributed by atoms with van der Waals surface area (Å²) in [7, 11) is 1.87. The van der Waals surface area contributed by atoms with Crippen molar-refractivity contribution in [1.82, 2.24) is 19.7 Å². The Labute approximate surface area is 165 Å². The van der Waals surface area contributed by atoms with Crippen molar-refractivity contribution in [3.8, 4) is 0 Å². The van der Waals surface area contributed by atoms with Crippen molar-refractivity contribution in [1.29, 1.82) is 0 Å². The smallest absolute Gasteiger partial charge is 0.321 e. The summed E-state index contributed by atoms with van der Waals surface area (Å²) >= 11 is 0. The number of aromatic nitrogens is 4. The van der Waals surface area contributed by atoms with Gasteiger partial charge in [0, 0.05) is 36.5 Å². The van der Waals surface area contributed by atoms with E-state index in [1.807, 2.05) is 30.7 Å². The first kappa shape index (κ1) is 19.1. The Morgan fingerprint density at radius 2 is 2.03 bits per heavy atom. The van der Waals surface area contributed by atoms with E-state index in [-0.39, 0.29) is 23.6 Å². The molecule has 0 fully saturated rings. The molecule has 1 atom stereocenters. The molecule has 0 aliphatic carbocycles. The topological polar surface area (TPSA) is 63.9 Å². The number of halogens is 3. The van der Waals surface area contributed by atoms with Gasteiger partial charge in [0.15, 0.2) is 0 Å². The lowest BCUT2D eigenvalue weighted by molar-refractivity contribution is -0.141. The molecule has 3 aromatic rings. The Kier molecular flexibility index (Phi) is 4.60. The molecule has 0 bridgehead atoms. The van der Waals surface area contributed by atoms with Crippen molar-refractivity contribution in [2.75, 3.05) is 4.90 Å². The van der Waals surface area contributed by atoms with Gasteiger partial charge in [0.25, 0.3) is 5.91 Å². The van der Waals surface area contributed by atoms with Crippen LogP contribution in [0.3, 0.4) is 0 Å². The number of rotatable bonds is 4. The summed E-state index contributed by atoms with van der Waals surface area (Å²) in [6.45, 7) is 1.87.